The van der Waals surface area contributed by atoms with Crippen LogP contribution < -0.4 is 10.1 Å². The van der Waals surface area contributed by atoms with Gasteiger partial charge in [0.25, 0.3) is 0 Å². The van der Waals surface area contributed by atoms with Crippen LogP contribution in [0.25, 0.3) is 10.9 Å². The molecular weight excluding hydrogens is 236 g/mol. The molecule has 0 saturated heterocycles. The Morgan fingerprint density at radius 2 is 1.89 bits per heavy atom. The Hall–Kier alpha value is -2.42. The van der Waals surface area contributed by atoms with Gasteiger partial charge in [-0.15, -0.1) is 0 Å². The Kier molecular flexibility index (Phi) is 2.88. The molecule has 96 valence electrons. The molecule has 3 heteroatoms. The number of para-hydroxylation sites is 2. The average molecular weight is 252 g/mol. The van der Waals surface area contributed by atoms with Gasteiger partial charge in [-0.1, -0.05) is 12.1 Å². The van der Waals surface area contributed by atoms with Crippen molar-refractivity contribution in [2.45, 2.75) is 0 Å². The third-order valence-electron chi connectivity index (χ3n) is 3.27. The molecule has 3 rings (SSSR count). The molecule has 2 aromatic carbocycles. The highest BCUT2D eigenvalue weighted by Crippen LogP contribution is 2.28. The molecule has 0 unspecified atom stereocenters. The lowest BCUT2D eigenvalue weighted by Crippen LogP contribution is -1.94. The van der Waals surface area contributed by atoms with Crippen LogP contribution in [0.2, 0.25) is 0 Å². The first kappa shape index (κ1) is 11.7. The van der Waals surface area contributed by atoms with Gasteiger partial charge in [0.15, 0.2) is 0 Å². The summed E-state index contributed by atoms with van der Waals surface area (Å²) in [6.07, 6.45) is 2.07. The first-order valence-corrected chi connectivity index (χ1v) is 6.23. The molecule has 0 radical (unpaired) electrons. The number of anilines is 2. The number of hydrogen-bond donors (Lipinski definition) is 1. The lowest BCUT2D eigenvalue weighted by atomic mass is 10.2. The monoisotopic (exact) mass is 252 g/mol. The van der Waals surface area contributed by atoms with Crippen LogP contribution in [0.4, 0.5) is 11.4 Å². The third-order valence-corrected chi connectivity index (χ3v) is 3.27. The zero-order chi connectivity index (χ0) is 13.2. The number of rotatable bonds is 3. The SMILES string of the molecule is COc1ccccc1Nc1ccc2c(ccn2C)c1. The van der Waals surface area contributed by atoms with Crippen LogP contribution in [-0.2, 0) is 7.05 Å². The summed E-state index contributed by atoms with van der Waals surface area (Å²) in [6, 6.07) is 16.4. The summed E-state index contributed by atoms with van der Waals surface area (Å²) in [4.78, 5) is 0. The van der Waals surface area contributed by atoms with E-state index in [1.807, 2.05) is 24.3 Å². The molecule has 3 aromatic rings. The van der Waals surface area contributed by atoms with Crippen LogP contribution in [0.5, 0.6) is 5.75 Å². The van der Waals surface area contributed by atoms with Crippen LogP contribution in [-0.4, -0.2) is 11.7 Å². The van der Waals surface area contributed by atoms with E-state index in [0.29, 0.717) is 0 Å². The first-order valence-electron chi connectivity index (χ1n) is 6.23. The van der Waals surface area contributed by atoms with Gasteiger partial charge in [0.2, 0.25) is 0 Å². The molecule has 1 N–H and O–H groups in total. The predicted molar refractivity (Wildman–Crippen MR) is 79.2 cm³/mol. The van der Waals surface area contributed by atoms with E-state index >= 15 is 0 Å². The molecule has 0 fully saturated rings. The van der Waals surface area contributed by atoms with Crippen LogP contribution in [0.3, 0.4) is 0 Å². The van der Waals surface area contributed by atoms with E-state index < -0.39 is 0 Å². The highest BCUT2D eigenvalue weighted by atomic mass is 16.5. The Bertz CT molecular complexity index is 716. The third kappa shape index (κ3) is 2.15. The number of nitrogens with one attached hydrogen (secondary N) is 1. The second kappa shape index (κ2) is 4.69. The maximum absolute atomic E-state index is 5.34. The highest BCUT2D eigenvalue weighted by molar-refractivity contribution is 5.85. The summed E-state index contributed by atoms with van der Waals surface area (Å²) >= 11 is 0. The number of hydrogen-bond acceptors (Lipinski definition) is 2. The van der Waals surface area contributed by atoms with Gasteiger partial charge in [-0.2, -0.15) is 0 Å². The van der Waals surface area contributed by atoms with E-state index in [0.717, 1.165) is 17.1 Å². The number of benzene rings is 2. The number of aryl methyl sites for hydroxylation is 1. The summed E-state index contributed by atoms with van der Waals surface area (Å²) in [7, 11) is 3.73. The minimum Gasteiger partial charge on any atom is -0.495 e. The van der Waals surface area contributed by atoms with Gasteiger partial charge in [0.05, 0.1) is 12.8 Å². The number of aromatic nitrogens is 1. The van der Waals surface area contributed by atoms with Gasteiger partial charge in [0, 0.05) is 29.8 Å². The smallest absolute Gasteiger partial charge is 0.142 e. The molecule has 0 aliphatic rings. The maximum atomic E-state index is 5.34. The molecular formula is C16H16N2O. The summed E-state index contributed by atoms with van der Waals surface area (Å²) in [5.74, 6) is 0.843. The first-order chi connectivity index (χ1) is 9.28. The number of ether oxygens (including phenoxy) is 1. The Morgan fingerprint density at radius 3 is 2.74 bits per heavy atom. The van der Waals surface area contributed by atoms with E-state index in [4.69, 9.17) is 4.74 Å². The van der Waals surface area contributed by atoms with E-state index in [1.165, 1.54) is 10.9 Å². The second-order valence-corrected chi connectivity index (χ2v) is 4.53. The zero-order valence-corrected chi connectivity index (χ0v) is 11.1. The highest BCUT2D eigenvalue weighted by Gasteiger charge is 2.03. The van der Waals surface area contributed by atoms with Crippen molar-refractivity contribution in [1.82, 2.24) is 4.57 Å². The van der Waals surface area contributed by atoms with Crippen molar-refractivity contribution >= 4 is 22.3 Å². The summed E-state index contributed by atoms with van der Waals surface area (Å²) in [5.41, 5.74) is 3.26. The standard InChI is InChI=1S/C16H16N2O/c1-18-10-9-12-11-13(7-8-15(12)18)17-14-5-3-4-6-16(14)19-2/h3-11,17H,1-2H3. The van der Waals surface area contributed by atoms with Crippen molar-refractivity contribution < 1.29 is 4.74 Å². The topological polar surface area (TPSA) is 26.2 Å². The van der Waals surface area contributed by atoms with Crippen LogP contribution in [0, 0.1) is 0 Å². The van der Waals surface area contributed by atoms with Crippen molar-refractivity contribution in [2.75, 3.05) is 12.4 Å². The molecule has 0 amide bonds. The van der Waals surface area contributed by atoms with E-state index in [9.17, 15) is 0 Å². The lowest BCUT2D eigenvalue weighted by Gasteiger charge is -2.11. The minimum atomic E-state index is 0.843. The minimum absolute atomic E-state index is 0.843. The molecule has 0 atom stereocenters. The van der Waals surface area contributed by atoms with Crippen molar-refractivity contribution in [3.8, 4) is 5.75 Å². The van der Waals surface area contributed by atoms with Crippen LogP contribution >= 0.6 is 0 Å². The fraction of sp³-hybridized carbons (Fsp3) is 0.125. The van der Waals surface area contributed by atoms with Crippen molar-refractivity contribution in [3.05, 3.63) is 54.7 Å². The van der Waals surface area contributed by atoms with Gasteiger partial charge in [-0.05, 0) is 36.4 Å². The van der Waals surface area contributed by atoms with Crippen LogP contribution in [0.1, 0.15) is 0 Å². The molecule has 0 aliphatic heterocycles. The van der Waals surface area contributed by atoms with E-state index in [1.54, 1.807) is 7.11 Å². The van der Waals surface area contributed by atoms with Gasteiger partial charge in [-0.25, -0.2) is 0 Å². The fourth-order valence-electron chi connectivity index (χ4n) is 2.26. The second-order valence-electron chi connectivity index (χ2n) is 4.53. The molecule has 0 spiro atoms. The van der Waals surface area contributed by atoms with Crippen molar-refractivity contribution in [1.29, 1.82) is 0 Å². The Balaban J connectivity index is 1.96. The van der Waals surface area contributed by atoms with Crippen molar-refractivity contribution in [3.63, 3.8) is 0 Å². The lowest BCUT2D eigenvalue weighted by molar-refractivity contribution is 0.417. The van der Waals surface area contributed by atoms with E-state index in [2.05, 4.69) is 47.4 Å². The number of nitrogens with zero attached hydrogens (tertiary/aromatic N) is 1. The average Bonchev–Trinajstić information content (AvgIpc) is 2.81. The molecule has 0 bridgehead atoms. The molecule has 1 aromatic heterocycles. The molecule has 0 saturated carbocycles. The molecule has 0 aliphatic carbocycles. The fourth-order valence-corrected chi connectivity index (χ4v) is 2.26. The Morgan fingerprint density at radius 1 is 1.05 bits per heavy atom. The summed E-state index contributed by atoms with van der Waals surface area (Å²) in [5, 5.41) is 4.62. The van der Waals surface area contributed by atoms with Gasteiger partial charge in [0.1, 0.15) is 5.75 Å². The summed E-state index contributed by atoms with van der Waals surface area (Å²) in [6.45, 7) is 0. The molecule has 19 heavy (non-hydrogen) atoms. The maximum Gasteiger partial charge on any atom is 0.142 e. The number of fused-ring (bicyclic) bond motifs is 1. The van der Waals surface area contributed by atoms with Gasteiger partial charge in [-0.3, -0.25) is 0 Å². The van der Waals surface area contributed by atoms with Crippen LogP contribution in [0.15, 0.2) is 54.7 Å². The quantitative estimate of drug-likeness (QED) is 0.764. The Labute approximate surface area is 112 Å². The normalized spacial score (nSPS) is 10.6. The molecule has 3 nitrogen and oxygen atoms in total. The van der Waals surface area contributed by atoms with E-state index in [-0.39, 0.29) is 0 Å². The van der Waals surface area contributed by atoms with Gasteiger partial charge < -0.3 is 14.6 Å². The largest absolute Gasteiger partial charge is 0.495 e. The number of methoxy groups -OCH3 is 1. The summed E-state index contributed by atoms with van der Waals surface area (Å²) < 4.78 is 7.46. The van der Waals surface area contributed by atoms with Gasteiger partial charge >= 0.3 is 0 Å². The molecule has 1 heterocycles. The van der Waals surface area contributed by atoms with Crippen molar-refractivity contribution in [2.24, 2.45) is 7.05 Å². The predicted octanol–water partition coefficient (Wildman–Crippen LogP) is 3.93. The zero-order valence-electron chi connectivity index (χ0n) is 11.1.